The molecule has 1 aromatic heterocycles. The minimum atomic E-state index is -0.506. The Balaban J connectivity index is 2.33. The highest BCUT2D eigenvalue weighted by atomic mass is 19.1. The number of hydrogen-bond acceptors (Lipinski definition) is 5. The molecule has 0 fully saturated rings. The van der Waals surface area contributed by atoms with Crippen molar-refractivity contribution in [2.24, 2.45) is 0 Å². The van der Waals surface area contributed by atoms with E-state index < -0.39 is 11.9 Å². The molecule has 0 aliphatic carbocycles. The third-order valence-electron chi connectivity index (χ3n) is 1.69. The summed E-state index contributed by atoms with van der Waals surface area (Å²) in [5, 5.41) is 12.3. The van der Waals surface area contributed by atoms with Crippen LogP contribution in [0.2, 0.25) is 0 Å². The van der Waals surface area contributed by atoms with Gasteiger partial charge in [-0.15, -0.1) is 0 Å². The number of halogens is 1. The van der Waals surface area contributed by atoms with Crippen LogP contribution in [-0.4, -0.2) is 53.3 Å². The van der Waals surface area contributed by atoms with E-state index >= 15 is 0 Å². The van der Waals surface area contributed by atoms with Gasteiger partial charge in [0.1, 0.15) is 0 Å². The van der Waals surface area contributed by atoms with Crippen LogP contribution in [0.4, 0.5) is 10.3 Å². The second kappa shape index (κ2) is 5.57. The number of aliphatic hydroxyl groups is 1. The first-order chi connectivity index (χ1) is 7.08. The van der Waals surface area contributed by atoms with Gasteiger partial charge < -0.3 is 15.3 Å². The quantitative estimate of drug-likeness (QED) is 0.719. The smallest absolute Gasteiger partial charge is 0.222 e. The van der Waals surface area contributed by atoms with Gasteiger partial charge in [-0.25, -0.2) is 14.4 Å². The minimum Gasteiger partial charge on any atom is -0.390 e. The number of likely N-dealkylation sites (N-methyl/N-ethyl adjacent to an activating group) is 1. The fourth-order valence-corrected chi connectivity index (χ4v) is 1.10. The maximum absolute atomic E-state index is 12.4. The fraction of sp³-hybridized carbons (Fsp3) is 0.556. The summed E-state index contributed by atoms with van der Waals surface area (Å²) in [6.45, 7) is 0.887. The Labute approximate surface area is 88.0 Å². The molecule has 1 rings (SSSR count). The van der Waals surface area contributed by atoms with Gasteiger partial charge in [-0.05, 0) is 14.1 Å². The van der Waals surface area contributed by atoms with Crippen molar-refractivity contribution in [1.29, 1.82) is 0 Å². The Morgan fingerprint density at radius 2 is 2.07 bits per heavy atom. The highest BCUT2D eigenvalue weighted by Gasteiger charge is 2.05. The summed E-state index contributed by atoms with van der Waals surface area (Å²) in [6, 6.07) is 0. The summed E-state index contributed by atoms with van der Waals surface area (Å²) in [6.07, 6.45) is 1.65. The van der Waals surface area contributed by atoms with Crippen LogP contribution in [0.5, 0.6) is 0 Å². The maximum Gasteiger partial charge on any atom is 0.222 e. The second-order valence-electron chi connectivity index (χ2n) is 3.52. The van der Waals surface area contributed by atoms with Gasteiger partial charge in [0, 0.05) is 13.1 Å². The molecule has 6 heteroatoms. The van der Waals surface area contributed by atoms with Crippen molar-refractivity contribution in [3.63, 3.8) is 0 Å². The molecule has 1 aromatic rings. The molecule has 0 aromatic carbocycles. The van der Waals surface area contributed by atoms with Crippen molar-refractivity contribution in [1.82, 2.24) is 14.9 Å². The van der Waals surface area contributed by atoms with E-state index in [9.17, 15) is 9.50 Å². The SMILES string of the molecule is CN(C)C[C@H](O)CNc1ncc(F)cn1. The molecule has 0 saturated heterocycles. The lowest BCUT2D eigenvalue weighted by Gasteiger charge is -2.16. The topological polar surface area (TPSA) is 61.3 Å². The number of hydrogen-bond donors (Lipinski definition) is 2. The van der Waals surface area contributed by atoms with Crippen LogP contribution in [0.15, 0.2) is 12.4 Å². The molecule has 0 amide bonds. The Morgan fingerprint density at radius 3 is 2.60 bits per heavy atom. The molecule has 84 valence electrons. The number of nitrogens with one attached hydrogen (secondary N) is 1. The molecule has 0 saturated carbocycles. The molecule has 2 N–H and O–H groups in total. The largest absolute Gasteiger partial charge is 0.390 e. The normalized spacial score (nSPS) is 12.9. The predicted molar refractivity (Wildman–Crippen MR) is 55.0 cm³/mol. The van der Waals surface area contributed by atoms with Crippen molar-refractivity contribution in [3.05, 3.63) is 18.2 Å². The molecule has 5 nitrogen and oxygen atoms in total. The molecule has 0 unspecified atom stereocenters. The van der Waals surface area contributed by atoms with Crippen molar-refractivity contribution in [2.75, 3.05) is 32.5 Å². The molecule has 1 atom stereocenters. The van der Waals surface area contributed by atoms with Crippen LogP contribution >= 0.6 is 0 Å². The Bertz CT molecular complexity index is 291. The molecular formula is C9H15FN4O. The zero-order valence-electron chi connectivity index (χ0n) is 8.81. The molecule has 0 bridgehead atoms. The summed E-state index contributed by atoms with van der Waals surface area (Å²) < 4.78 is 12.4. The highest BCUT2D eigenvalue weighted by Crippen LogP contribution is 1.98. The summed E-state index contributed by atoms with van der Waals surface area (Å²) in [5.74, 6) is -0.163. The molecular weight excluding hydrogens is 199 g/mol. The van der Waals surface area contributed by atoms with Crippen molar-refractivity contribution in [3.8, 4) is 0 Å². The summed E-state index contributed by atoms with van der Waals surface area (Å²) in [7, 11) is 3.75. The fourth-order valence-electron chi connectivity index (χ4n) is 1.10. The first-order valence-corrected chi connectivity index (χ1v) is 4.62. The lowest BCUT2D eigenvalue weighted by molar-refractivity contribution is 0.148. The van der Waals surface area contributed by atoms with E-state index in [2.05, 4.69) is 15.3 Å². The highest BCUT2D eigenvalue weighted by molar-refractivity contribution is 5.22. The Morgan fingerprint density at radius 1 is 1.47 bits per heavy atom. The van der Waals surface area contributed by atoms with Crippen LogP contribution in [0.1, 0.15) is 0 Å². The van der Waals surface area contributed by atoms with Crippen LogP contribution in [-0.2, 0) is 0 Å². The molecule has 0 aliphatic heterocycles. The van der Waals surface area contributed by atoms with Gasteiger partial charge in [0.2, 0.25) is 5.95 Å². The van der Waals surface area contributed by atoms with Crippen LogP contribution < -0.4 is 5.32 Å². The lowest BCUT2D eigenvalue weighted by Crippen LogP contribution is -2.31. The van der Waals surface area contributed by atoms with Gasteiger partial charge in [0.25, 0.3) is 0 Å². The number of aromatic nitrogens is 2. The first-order valence-electron chi connectivity index (χ1n) is 4.62. The van der Waals surface area contributed by atoms with Crippen molar-refractivity contribution < 1.29 is 9.50 Å². The van der Waals surface area contributed by atoms with E-state index in [1.54, 1.807) is 0 Å². The Hall–Kier alpha value is -1.27. The average molecular weight is 214 g/mol. The summed E-state index contributed by atoms with van der Waals surface area (Å²) in [4.78, 5) is 9.29. The van der Waals surface area contributed by atoms with Crippen LogP contribution in [0.3, 0.4) is 0 Å². The van der Waals surface area contributed by atoms with E-state index in [1.807, 2.05) is 19.0 Å². The molecule has 1 heterocycles. The third kappa shape index (κ3) is 4.66. The zero-order chi connectivity index (χ0) is 11.3. The van der Waals surface area contributed by atoms with E-state index in [0.717, 1.165) is 12.4 Å². The van der Waals surface area contributed by atoms with Crippen LogP contribution in [0.25, 0.3) is 0 Å². The standard InChI is InChI=1S/C9H15FN4O/c1-14(2)6-8(15)5-13-9-11-3-7(10)4-12-9/h3-4,8,15H,5-6H2,1-2H3,(H,11,12,13)/t8-/m1/s1. The monoisotopic (exact) mass is 214 g/mol. The van der Waals surface area contributed by atoms with Gasteiger partial charge in [-0.2, -0.15) is 0 Å². The van der Waals surface area contributed by atoms with Gasteiger partial charge in [0.05, 0.1) is 18.5 Å². The van der Waals surface area contributed by atoms with E-state index in [-0.39, 0.29) is 0 Å². The number of aliphatic hydroxyl groups excluding tert-OH is 1. The molecule has 0 radical (unpaired) electrons. The van der Waals surface area contributed by atoms with Crippen molar-refractivity contribution in [2.45, 2.75) is 6.10 Å². The van der Waals surface area contributed by atoms with Gasteiger partial charge in [-0.1, -0.05) is 0 Å². The van der Waals surface area contributed by atoms with Gasteiger partial charge in [0.15, 0.2) is 5.82 Å². The summed E-state index contributed by atoms with van der Waals surface area (Å²) in [5.41, 5.74) is 0. The number of rotatable bonds is 5. The van der Waals surface area contributed by atoms with Crippen molar-refractivity contribution >= 4 is 5.95 Å². The summed E-state index contributed by atoms with van der Waals surface area (Å²) >= 11 is 0. The van der Waals surface area contributed by atoms with Gasteiger partial charge >= 0.3 is 0 Å². The second-order valence-corrected chi connectivity index (χ2v) is 3.52. The number of nitrogens with zero attached hydrogens (tertiary/aromatic N) is 3. The predicted octanol–water partition coefficient (Wildman–Crippen LogP) is -0.0499. The number of anilines is 1. The minimum absolute atomic E-state index is 0.314. The molecule has 0 aliphatic rings. The van der Waals surface area contributed by atoms with E-state index in [0.29, 0.717) is 19.0 Å². The van der Waals surface area contributed by atoms with E-state index in [1.165, 1.54) is 0 Å². The van der Waals surface area contributed by atoms with E-state index in [4.69, 9.17) is 0 Å². The molecule has 15 heavy (non-hydrogen) atoms. The van der Waals surface area contributed by atoms with Gasteiger partial charge in [-0.3, -0.25) is 0 Å². The lowest BCUT2D eigenvalue weighted by atomic mass is 10.3. The zero-order valence-corrected chi connectivity index (χ0v) is 8.81. The maximum atomic E-state index is 12.4. The third-order valence-corrected chi connectivity index (χ3v) is 1.69. The Kier molecular flexibility index (Phi) is 4.38. The molecule has 0 spiro atoms. The first kappa shape index (κ1) is 11.8. The van der Waals surface area contributed by atoms with Crippen LogP contribution in [0, 0.1) is 5.82 Å². The average Bonchev–Trinajstić information content (AvgIpc) is 2.16.